The number of amidine groups is 2. The topological polar surface area (TPSA) is 141 Å². The van der Waals surface area contributed by atoms with Crippen LogP contribution in [-0.4, -0.2) is 35.1 Å². The Morgan fingerprint density at radius 3 is 1.18 bits per heavy atom. The van der Waals surface area contributed by atoms with Gasteiger partial charge in [-0.05, 0) is 60.7 Å². The summed E-state index contributed by atoms with van der Waals surface area (Å²) in [6.45, 7) is 0. The number of ketones is 2. The Morgan fingerprint density at radius 1 is 0.380 bits per heavy atom. The summed E-state index contributed by atoms with van der Waals surface area (Å²) in [5.41, 5.74) is 5.55. The number of anilines is 2. The molecule has 0 saturated carbocycles. The molecule has 9 rings (SSSR count). The van der Waals surface area contributed by atoms with Crippen LogP contribution in [0.2, 0.25) is 0 Å². The zero-order valence-corrected chi connectivity index (χ0v) is 26.1. The average Bonchev–Trinajstić information content (AvgIpc) is 3.65. The van der Waals surface area contributed by atoms with Crippen LogP contribution < -0.4 is 21.3 Å². The highest BCUT2D eigenvalue weighted by molar-refractivity contribution is 6.40. The van der Waals surface area contributed by atoms with E-state index in [1.165, 1.54) is 0 Å². The molecule has 4 heterocycles. The van der Waals surface area contributed by atoms with Gasteiger partial charge in [0, 0.05) is 33.4 Å². The molecule has 238 valence electrons. The largest absolute Gasteiger partial charge is 0.338 e. The molecule has 10 heteroatoms. The number of carbonyl (C=O) groups is 4. The Labute approximate surface area is 285 Å². The third-order valence-electron chi connectivity index (χ3n) is 8.94. The molecule has 10 nitrogen and oxygen atoms in total. The van der Waals surface area contributed by atoms with E-state index in [-0.39, 0.29) is 22.5 Å². The fraction of sp³-hybridized carbons (Fsp3) is 0. The molecule has 0 radical (unpaired) electrons. The van der Waals surface area contributed by atoms with Gasteiger partial charge in [0.2, 0.25) is 11.6 Å². The summed E-state index contributed by atoms with van der Waals surface area (Å²) in [4.78, 5) is 64.8. The van der Waals surface area contributed by atoms with Crippen LogP contribution in [0, 0.1) is 0 Å². The third-order valence-corrected chi connectivity index (χ3v) is 8.94. The van der Waals surface area contributed by atoms with Crippen LogP contribution in [0.5, 0.6) is 0 Å². The number of benzene rings is 5. The maximum Gasteiger partial charge on any atom is 0.261 e. The lowest BCUT2D eigenvalue weighted by atomic mass is 9.90. The van der Waals surface area contributed by atoms with Gasteiger partial charge in [0.15, 0.2) is 0 Å². The number of hydrogen-bond acceptors (Lipinski definition) is 6. The van der Waals surface area contributed by atoms with Crippen molar-refractivity contribution < 1.29 is 19.2 Å². The molecule has 0 atom stereocenters. The van der Waals surface area contributed by atoms with Crippen molar-refractivity contribution in [3.63, 3.8) is 0 Å². The summed E-state index contributed by atoms with van der Waals surface area (Å²) >= 11 is 0. The van der Waals surface area contributed by atoms with Gasteiger partial charge in [-0.25, -0.2) is 9.98 Å². The summed E-state index contributed by atoms with van der Waals surface area (Å²) in [6.07, 6.45) is 0. The molecule has 2 amide bonds. The van der Waals surface area contributed by atoms with Crippen LogP contribution in [0.3, 0.4) is 0 Å². The van der Waals surface area contributed by atoms with E-state index in [2.05, 4.69) is 21.3 Å². The number of amides is 2. The first kappa shape index (κ1) is 29.0. The van der Waals surface area contributed by atoms with Crippen LogP contribution >= 0.6 is 0 Å². The van der Waals surface area contributed by atoms with Crippen molar-refractivity contribution in [2.75, 3.05) is 10.6 Å². The van der Waals surface area contributed by atoms with Gasteiger partial charge in [0.05, 0.1) is 34.1 Å². The maximum absolute atomic E-state index is 13.9. The van der Waals surface area contributed by atoms with E-state index in [9.17, 15) is 19.2 Å². The predicted molar refractivity (Wildman–Crippen MR) is 191 cm³/mol. The number of carbonyl (C=O) groups excluding carboxylic acids is 4. The molecule has 4 N–H and O–H groups in total. The Bertz CT molecular complexity index is 2320. The number of nitrogens with one attached hydrogen (secondary N) is 4. The number of Topliss-reactive ketones (excluding diaryl/α,β-unsaturated/α-hetero) is 2. The molecule has 5 aromatic rings. The second kappa shape index (κ2) is 11.2. The number of fused-ring (bicyclic) bond motifs is 4. The van der Waals surface area contributed by atoms with E-state index in [1.54, 1.807) is 48.5 Å². The van der Waals surface area contributed by atoms with E-state index >= 15 is 0 Å². The number of hydrogen-bond donors (Lipinski definition) is 4. The molecular weight excluding hydrogens is 628 g/mol. The fourth-order valence-electron chi connectivity index (χ4n) is 6.62. The predicted octanol–water partition coefficient (Wildman–Crippen LogP) is 6.14. The fourth-order valence-corrected chi connectivity index (χ4v) is 6.62. The van der Waals surface area contributed by atoms with Gasteiger partial charge in [0.25, 0.3) is 11.8 Å². The van der Waals surface area contributed by atoms with Crippen molar-refractivity contribution in [1.82, 2.24) is 10.6 Å². The average molecular weight is 653 g/mol. The minimum absolute atomic E-state index is 0.0623. The molecule has 5 aromatic carbocycles. The minimum Gasteiger partial charge on any atom is -0.338 e. The van der Waals surface area contributed by atoms with Crippen LogP contribution in [0.4, 0.5) is 22.7 Å². The van der Waals surface area contributed by atoms with Crippen LogP contribution in [-0.2, 0) is 9.59 Å². The lowest BCUT2D eigenvalue weighted by molar-refractivity contribution is -0.113. The highest BCUT2D eigenvalue weighted by atomic mass is 16.2. The Hall–Kier alpha value is -7.20. The molecule has 0 aliphatic carbocycles. The molecule has 50 heavy (non-hydrogen) atoms. The normalized spacial score (nSPS) is 20.4. The highest BCUT2D eigenvalue weighted by Crippen LogP contribution is 2.40. The van der Waals surface area contributed by atoms with Gasteiger partial charge in [0.1, 0.15) is 22.8 Å². The van der Waals surface area contributed by atoms with Gasteiger partial charge >= 0.3 is 0 Å². The van der Waals surface area contributed by atoms with Gasteiger partial charge < -0.3 is 21.3 Å². The number of rotatable bonds is 2. The second-order valence-electron chi connectivity index (χ2n) is 11.9. The summed E-state index contributed by atoms with van der Waals surface area (Å²) in [6, 6.07) is 35.9. The van der Waals surface area contributed by atoms with Crippen molar-refractivity contribution >= 4 is 69.2 Å². The SMILES string of the molecule is O=C1Nc2ccccc2C(=O)/C1=C1\NC(=Nc2ccccc2)c2cc3c(cc21)C(=Nc1ccccc1)N/C3=C1/C(=O)Nc2ccccc2C1=O. The van der Waals surface area contributed by atoms with Crippen molar-refractivity contribution in [3.05, 3.63) is 166 Å². The van der Waals surface area contributed by atoms with Crippen LogP contribution in [0.1, 0.15) is 43.0 Å². The smallest absolute Gasteiger partial charge is 0.261 e. The monoisotopic (exact) mass is 652 g/mol. The maximum atomic E-state index is 13.9. The molecular formula is C40H24N6O4. The van der Waals surface area contributed by atoms with E-state index in [0.717, 1.165) is 0 Å². The van der Waals surface area contributed by atoms with Crippen LogP contribution in [0.25, 0.3) is 11.4 Å². The molecule has 0 fully saturated rings. The molecule has 0 unspecified atom stereocenters. The zero-order valence-electron chi connectivity index (χ0n) is 26.1. The molecule has 0 spiro atoms. The molecule has 4 aliphatic heterocycles. The first-order chi connectivity index (χ1) is 24.4. The first-order valence-electron chi connectivity index (χ1n) is 15.8. The van der Waals surface area contributed by atoms with E-state index in [0.29, 0.717) is 67.8 Å². The van der Waals surface area contributed by atoms with E-state index < -0.39 is 23.4 Å². The Morgan fingerprint density at radius 2 is 0.760 bits per heavy atom. The number of nitrogens with zero attached hydrogens (tertiary/aromatic N) is 2. The number of aliphatic imine (C=N–C) groups is 2. The highest BCUT2D eigenvalue weighted by Gasteiger charge is 2.40. The Kier molecular flexibility index (Phi) is 6.49. The molecule has 0 bridgehead atoms. The third kappa shape index (κ3) is 4.58. The van der Waals surface area contributed by atoms with Crippen molar-refractivity contribution in [2.45, 2.75) is 0 Å². The van der Waals surface area contributed by atoms with E-state index in [1.807, 2.05) is 72.8 Å². The van der Waals surface area contributed by atoms with Gasteiger partial charge in [-0.1, -0.05) is 60.7 Å². The van der Waals surface area contributed by atoms with Gasteiger partial charge in [-0.15, -0.1) is 0 Å². The lowest BCUT2D eigenvalue weighted by Crippen LogP contribution is -2.31. The molecule has 0 saturated heterocycles. The zero-order chi connectivity index (χ0) is 33.9. The van der Waals surface area contributed by atoms with Gasteiger partial charge in [-0.3, -0.25) is 19.2 Å². The Balaban J connectivity index is 1.31. The summed E-state index contributed by atoms with van der Waals surface area (Å²) < 4.78 is 0. The molecule has 4 aliphatic rings. The molecule has 0 aromatic heterocycles. The van der Waals surface area contributed by atoms with Crippen molar-refractivity contribution in [2.24, 2.45) is 9.98 Å². The lowest BCUT2D eigenvalue weighted by Gasteiger charge is -2.20. The summed E-state index contributed by atoms with van der Waals surface area (Å²) in [7, 11) is 0. The van der Waals surface area contributed by atoms with Crippen LogP contribution in [0.15, 0.2) is 142 Å². The van der Waals surface area contributed by atoms with Crippen molar-refractivity contribution in [3.8, 4) is 0 Å². The van der Waals surface area contributed by atoms with E-state index in [4.69, 9.17) is 9.98 Å². The van der Waals surface area contributed by atoms with Gasteiger partial charge in [-0.2, -0.15) is 0 Å². The minimum atomic E-state index is -0.550. The summed E-state index contributed by atoms with van der Waals surface area (Å²) in [5.74, 6) is -1.18. The van der Waals surface area contributed by atoms with Crippen molar-refractivity contribution in [1.29, 1.82) is 0 Å². The summed E-state index contributed by atoms with van der Waals surface area (Å²) in [5, 5.41) is 12.3. The quantitative estimate of drug-likeness (QED) is 0.133. The first-order valence-corrected chi connectivity index (χ1v) is 15.8. The number of para-hydroxylation sites is 4. The standard InChI is InChI=1S/C40H24N6O4/c47-35-23-15-7-9-17-29(23)43-39(49)31(35)33-25-20-28-26(19-27(25)37(45-33)41-21-11-3-1-4-12-21)34(46-38(28)42-22-13-5-2-6-14-22)32-36(48)24-16-8-10-18-30(24)44-40(32)50/h1-20H,(H,41,45)(H,42,46)(H,43,49)(H,44,50)/b33-31+,34-32+. The second-order valence-corrected chi connectivity index (χ2v) is 11.9.